The molecule has 0 bridgehead atoms. The van der Waals surface area contributed by atoms with Crippen molar-refractivity contribution in [3.63, 3.8) is 0 Å². The molecule has 0 aromatic heterocycles. The van der Waals surface area contributed by atoms with Crippen molar-refractivity contribution >= 4 is 18.2 Å². The molecule has 1 rings (SSSR count). The number of aldehydes is 1. The summed E-state index contributed by atoms with van der Waals surface area (Å²) in [5.41, 5.74) is 0. The predicted molar refractivity (Wildman–Crippen MR) is 111 cm³/mol. The number of allylic oxidation sites excluding steroid dienone is 4. The Bertz CT molecular complexity index is 591. The molecule has 4 unspecified atom stereocenters. The van der Waals surface area contributed by atoms with Crippen LogP contribution in [0.4, 0.5) is 0 Å². The fourth-order valence-corrected chi connectivity index (χ4v) is 3.22. The van der Waals surface area contributed by atoms with Gasteiger partial charge in [-0.2, -0.15) is 0 Å². The van der Waals surface area contributed by atoms with E-state index in [0.29, 0.717) is 18.9 Å². The first kappa shape index (κ1) is 23.9. The van der Waals surface area contributed by atoms with Gasteiger partial charge in [0.2, 0.25) is 5.91 Å². The van der Waals surface area contributed by atoms with E-state index in [2.05, 4.69) is 32.2 Å². The first-order chi connectivity index (χ1) is 13.4. The van der Waals surface area contributed by atoms with Crippen LogP contribution in [0.15, 0.2) is 36.5 Å². The Hall–Kier alpha value is -2.17. The number of hydrogen-bond donors (Lipinski definition) is 1. The lowest BCUT2D eigenvalue weighted by Gasteiger charge is -2.21. The van der Waals surface area contributed by atoms with Gasteiger partial charge in [-0.15, -0.1) is 0 Å². The van der Waals surface area contributed by atoms with E-state index in [0.717, 1.165) is 25.5 Å². The molecule has 156 valence electrons. The maximum absolute atomic E-state index is 12.9. The summed E-state index contributed by atoms with van der Waals surface area (Å²) >= 11 is 0. The van der Waals surface area contributed by atoms with Crippen LogP contribution in [0, 0.1) is 23.7 Å². The van der Waals surface area contributed by atoms with Crippen LogP contribution >= 0.6 is 0 Å². The Morgan fingerprint density at radius 3 is 2.46 bits per heavy atom. The second kappa shape index (κ2) is 13.1. The molecule has 28 heavy (non-hydrogen) atoms. The molecule has 1 fully saturated rings. The highest BCUT2D eigenvalue weighted by atomic mass is 16.5. The van der Waals surface area contributed by atoms with E-state index < -0.39 is 5.97 Å². The minimum Gasteiger partial charge on any atom is -0.463 e. The van der Waals surface area contributed by atoms with Crippen LogP contribution in [0.3, 0.4) is 0 Å². The van der Waals surface area contributed by atoms with Crippen LogP contribution in [0.25, 0.3) is 0 Å². The number of esters is 1. The van der Waals surface area contributed by atoms with Gasteiger partial charge < -0.3 is 14.8 Å². The SMILES string of the molecule is CCC=CC=CCC(C(=O)NC(C=CC(=O)OCC)CC(C)C)C1CC1C=O. The second-order valence-corrected chi connectivity index (χ2v) is 7.66. The number of hydrogen-bond acceptors (Lipinski definition) is 4. The highest BCUT2D eigenvalue weighted by Gasteiger charge is 2.45. The third-order valence-corrected chi connectivity index (χ3v) is 4.73. The second-order valence-electron chi connectivity index (χ2n) is 7.66. The van der Waals surface area contributed by atoms with Crippen molar-refractivity contribution in [2.24, 2.45) is 23.7 Å². The summed E-state index contributed by atoms with van der Waals surface area (Å²) in [6.45, 7) is 8.28. The topological polar surface area (TPSA) is 72.5 Å². The molecule has 5 nitrogen and oxygen atoms in total. The van der Waals surface area contributed by atoms with Gasteiger partial charge in [0.15, 0.2) is 0 Å². The van der Waals surface area contributed by atoms with Crippen LogP contribution < -0.4 is 5.32 Å². The quantitative estimate of drug-likeness (QED) is 0.224. The number of nitrogens with one attached hydrogen (secondary N) is 1. The maximum atomic E-state index is 12.9. The van der Waals surface area contributed by atoms with Crippen LogP contribution in [0.1, 0.15) is 53.4 Å². The molecule has 1 aliphatic rings. The van der Waals surface area contributed by atoms with E-state index in [4.69, 9.17) is 4.74 Å². The van der Waals surface area contributed by atoms with Gasteiger partial charge in [0.1, 0.15) is 6.29 Å². The minimum absolute atomic E-state index is 0.0195. The van der Waals surface area contributed by atoms with Crippen molar-refractivity contribution in [3.8, 4) is 0 Å². The molecule has 0 aliphatic heterocycles. The minimum atomic E-state index is -0.407. The standard InChI is InChI=1S/C23H35NO4/c1-5-7-8-9-10-11-20(21-15-18(21)16-25)23(27)24-19(14-17(3)4)12-13-22(26)28-6-2/h7-10,12-13,16-21H,5-6,11,14-15H2,1-4H3,(H,24,27). The lowest BCUT2D eigenvalue weighted by molar-refractivity contribution is -0.137. The highest BCUT2D eigenvalue weighted by Crippen LogP contribution is 2.44. The Kier molecular flexibility index (Phi) is 11.2. The molecule has 0 heterocycles. The van der Waals surface area contributed by atoms with E-state index in [-0.39, 0.29) is 29.7 Å². The van der Waals surface area contributed by atoms with Gasteiger partial charge in [-0.25, -0.2) is 4.79 Å². The van der Waals surface area contributed by atoms with Crippen molar-refractivity contribution in [3.05, 3.63) is 36.5 Å². The molecular weight excluding hydrogens is 354 g/mol. The summed E-state index contributed by atoms with van der Waals surface area (Å²) in [5, 5.41) is 3.06. The molecule has 0 aromatic carbocycles. The van der Waals surface area contributed by atoms with Crippen molar-refractivity contribution in [1.29, 1.82) is 0 Å². The Labute approximate surface area is 169 Å². The maximum Gasteiger partial charge on any atom is 0.330 e. The van der Waals surface area contributed by atoms with E-state index >= 15 is 0 Å². The van der Waals surface area contributed by atoms with E-state index in [1.165, 1.54) is 6.08 Å². The zero-order valence-electron chi connectivity index (χ0n) is 17.6. The summed E-state index contributed by atoms with van der Waals surface area (Å²) < 4.78 is 4.92. The van der Waals surface area contributed by atoms with Gasteiger partial charge in [-0.3, -0.25) is 4.79 Å². The van der Waals surface area contributed by atoms with Crippen molar-refractivity contribution in [2.75, 3.05) is 6.61 Å². The molecule has 0 spiro atoms. The van der Waals surface area contributed by atoms with Gasteiger partial charge in [0.25, 0.3) is 0 Å². The number of ether oxygens (including phenoxy) is 1. The van der Waals surface area contributed by atoms with Gasteiger partial charge >= 0.3 is 5.97 Å². The van der Waals surface area contributed by atoms with Crippen molar-refractivity contribution in [1.82, 2.24) is 5.32 Å². The first-order valence-electron chi connectivity index (χ1n) is 10.3. The first-order valence-corrected chi connectivity index (χ1v) is 10.3. The monoisotopic (exact) mass is 389 g/mol. The van der Waals surface area contributed by atoms with E-state index in [1.54, 1.807) is 13.0 Å². The van der Waals surface area contributed by atoms with Crippen LogP contribution in [-0.2, 0) is 19.1 Å². The number of amides is 1. The van der Waals surface area contributed by atoms with E-state index in [1.807, 2.05) is 18.2 Å². The number of carbonyl (C=O) groups excluding carboxylic acids is 3. The summed E-state index contributed by atoms with van der Waals surface area (Å²) in [7, 11) is 0. The Morgan fingerprint density at radius 1 is 1.18 bits per heavy atom. The van der Waals surface area contributed by atoms with Crippen molar-refractivity contribution in [2.45, 2.75) is 59.4 Å². The molecule has 0 radical (unpaired) electrons. The third kappa shape index (κ3) is 9.16. The fourth-order valence-electron chi connectivity index (χ4n) is 3.22. The summed E-state index contributed by atoms with van der Waals surface area (Å²) in [6.07, 6.45) is 15.1. The molecule has 1 N–H and O–H groups in total. The lowest BCUT2D eigenvalue weighted by Crippen LogP contribution is -2.39. The molecule has 0 saturated heterocycles. The lowest BCUT2D eigenvalue weighted by atomic mass is 9.95. The zero-order valence-corrected chi connectivity index (χ0v) is 17.6. The highest BCUT2D eigenvalue weighted by molar-refractivity contribution is 5.83. The van der Waals surface area contributed by atoms with Gasteiger partial charge in [0.05, 0.1) is 6.61 Å². The smallest absolute Gasteiger partial charge is 0.330 e. The molecule has 0 aromatic rings. The van der Waals surface area contributed by atoms with Crippen molar-refractivity contribution < 1.29 is 19.1 Å². The average Bonchev–Trinajstić information content (AvgIpc) is 3.41. The van der Waals surface area contributed by atoms with Gasteiger partial charge in [0, 0.05) is 24.0 Å². The molecule has 1 amide bonds. The largest absolute Gasteiger partial charge is 0.463 e. The molecule has 4 atom stereocenters. The van der Waals surface area contributed by atoms with Crippen LogP contribution in [0.2, 0.25) is 0 Å². The molecule has 1 aliphatic carbocycles. The number of rotatable bonds is 13. The fraction of sp³-hybridized carbons (Fsp3) is 0.609. The Morgan fingerprint density at radius 2 is 1.89 bits per heavy atom. The van der Waals surface area contributed by atoms with Crippen LogP contribution in [-0.4, -0.2) is 30.8 Å². The summed E-state index contributed by atoms with van der Waals surface area (Å²) in [4.78, 5) is 35.6. The zero-order chi connectivity index (χ0) is 20.9. The third-order valence-electron chi connectivity index (χ3n) is 4.73. The van der Waals surface area contributed by atoms with Crippen LogP contribution in [0.5, 0.6) is 0 Å². The summed E-state index contributed by atoms with van der Waals surface area (Å²) in [6, 6.07) is -0.239. The van der Waals surface area contributed by atoms with E-state index in [9.17, 15) is 14.4 Å². The molecule has 5 heteroatoms. The molecular formula is C23H35NO4. The van der Waals surface area contributed by atoms with Gasteiger partial charge in [-0.1, -0.05) is 51.2 Å². The normalized spacial score (nSPS) is 21.3. The Balaban J connectivity index is 2.79. The van der Waals surface area contributed by atoms with Gasteiger partial charge in [-0.05, 0) is 44.4 Å². The number of carbonyl (C=O) groups is 3. The average molecular weight is 390 g/mol. The summed E-state index contributed by atoms with van der Waals surface area (Å²) in [5.74, 6) is -0.251. The molecule has 1 saturated carbocycles. The predicted octanol–water partition coefficient (Wildman–Crippen LogP) is 4.00.